The number of halogens is 1. The van der Waals surface area contributed by atoms with Crippen LogP contribution in [0.4, 0.5) is 15.8 Å². The predicted molar refractivity (Wildman–Crippen MR) is 74.6 cm³/mol. The van der Waals surface area contributed by atoms with Crippen molar-refractivity contribution in [2.75, 3.05) is 17.6 Å². The van der Waals surface area contributed by atoms with Crippen LogP contribution in [0.25, 0.3) is 0 Å². The molecule has 0 aliphatic carbocycles. The fraction of sp³-hybridized carbons (Fsp3) is 0.0769. The maximum Gasteiger partial charge on any atom is 0.265 e. The molecule has 2 aromatic carbocycles. The molecule has 0 amide bonds. The van der Waals surface area contributed by atoms with Gasteiger partial charge < -0.3 is 10.5 Å². The number of methoxy groups -OCH3 is 1. The number of anilines is 2. The van der Waals surface area contributed by atoms with Gasteiger partial charge in [-0.15, -0.1) is 0 Å². The number of sulfonamides is 1. The zero-order valence-electron chi connectivity index (χ0n) is 10.6. The minimum absolute atomic E-state index is 0.0177. The maximum atomic E-state index is 13.2. The molecule has 0 aliphatic rings. The fourth-order valence-electron chi connectivity index (χ4n) is 1.66. The van der Waals surface area contributed by atoms with Gasteiger partial charge in [-0.1, -0.05) is 12.1 Å². The molecule has 2 rings (SSSR count). The Hall–Kier alpha value is -2.28. The Bertz CT molecular complexity index is 732. The molecule has 0 bridgehead atoms. The lowest BCUT2D eigenvalue weighted by Crippen LogP contribution is -2.15. The Kier molecular flexibility index (Phi) is 3.80. The molecule has 2 aromatic rings. The topological polar surface area (TPSA) is 81.4 Å². The van der Waals surface area contributed by atoms with Gasteiger partial charge in [0, 0.05) is 6.07 Å². The van der Waals surface area contributed by atoms with Crippen LogP contribution in [0.3, 0.4) is 0 Å². The number of hydrogen-bond acceptors (Lipinski definition) is 4. The minimum Gasteiger partial charge on any atom is -0.495 e. The van der Waals surface area contributed by atoms with E-state index < -0.39 is 15.8 Å². The predicted octanol–water partition coefficient (Wildman–Crippen LogP) is 2.22. The van der Waals surface area contributed by atoms with Gasteiger partial charge in [-0.25, -0.2) is 12.8 Å². The van der Waals surface area contributed by atoms with E-state index in [1.165, 1.54) is 25.3 Å². The molecule has 7 heteroatoms. The molecule has 0 fully saturated rings. The summed E-state index contributed by atoms with van der Waals surface area (Å²) in [6.07, 6.45) is 0. The Balaban J connectivity index is 2.43. The molecule has 20 heavy (non-hydrogen) atoms. The number of benzene rings is 2. The van der Waals surface area contributed by atoms with Gasteiger partial charge in [0.05, 0.1) is 18.5 Å². The van der Waals surface area contributed by atoms with Crippen molar-refractivity contribution in [3.63, 3.8) is 0 Å². The number of nitrogen functional groups attached to an aromatic ring is 1. The summed E-state index contributed by atoms with van der Waals surface area (Å²) in [5.74, 6) is -0.396. The van der Waals surface area contributed by atoms with Gasteiger partial charge in [0.25, 0.3) is 10.0 Å². The van der Waals surface area contributed by atoms with Crippen LogP contribution in [-0.2, 0) is 10.0 Å². The van der Waals surface area contributed by atoms with E-state index in [0.717, 1.165) is 12.1 Å². The number of hydrogen-bond donors (Lipinski definition) is 2. The molecule has 0 aliphatic heterocycles. The maximum absolute atomic E-state index is 13.2. The minimum atomic E-state index is -3.92. The first-order valence-corrected chi connectivity index (χ1v) is 7.13. The van der Waals surface area contributed by atoms with Crippen molar-refractivity contribution in [1.82, 2.24) is 0 Å². The molecule has 0 spiro atoms. The van der Waals surface area contributed by atoms with Crippen LogP contribution in [-0.4, -0.2) is 15.5 Å². The highest BCUT2D eigenvalue weighted by atomic mass is 32.2. The summed E-state index contributed by atoms with van der Waals surface area (Å²) in [6.45, 7) is 0. The zero-order chi connectivity index (χ0) is 14.8. The summed E-state index contributed by atoms with van der Waals surface area (Å²) in [5.41, 5.74) is 5.73. The van der Waals surface area contributed by atoms with Crippen LogP contribution >= 0.6 is 0 Å². The molecule has 0 heterocycles. The Morgan fingerprint density at radius 2 is 1.90 bits per heavy atom. The van der Waals surface area contributed by atoms with E-state index in [1.807, 2.05) is 0 Å². The van der Waals surface area contributed by atoms with Crippen LogP contribution in [0.15, 0.2) is 47.4 Å². The largest absolute Gasteiger partial charge is 0.495 e. The molecule has 5 nitrogen and oxygen atoms in total. The molecular formula is C13H13FN2O3S. The molecule has 0 unspecified atom stereocenters. The third-order valence-corrected chi connectivity index (χ3v) is 4.02. The van der Waals surface area contributed by atoms with Crippen LogP contribution in [0.2, 0.25) is 0 Å². The number of rotatable bonds is 4. The second kappa shape index (κ2) is 5.38. The zero-order valence-corrected chi connectivity index (χ0v) is 11.4. The third-order valence-electron chi connectivity index (χ3n) is 2.62. The van der Waals surface area contributed by atoms with E-state index in [9.17, 15) is 12.8 Å². The number of ether oxygens (including phenoxy) is 1. The lowest BCUT2D eigenvalue weighted by Gasteiger charge is -2.12. The van der Waals surface area contributed by atoms with Crippen LogP contribution in [0.1, 0.15) is 0 Å². The van der Waals surface area contributed by atoms with Crippen molar-refractivity contribution < 1.29 is 17.5 Å². The quantitative estimate of drug-likeness (QED) is 0.848. The summed E-state index contributed by atoms with van der Waals surface area (Å²) in [5, 5.41) is 0. The summed E-state index contributed by atoms with van der Waals surface area (Å²) >= 11 is 0. The average molecular weight is 296 g/mol. The van der Waals surface area contributed by atoms with Crippen LogP contribution < -0.4 is 15.2 Å². The van der Waals surface area contributed by atoms with Gasteiger partial charge >= 0.3 is 0 Å². The first kappa shape index (κ1) is 14.1. The Morgan fingerprint density at radius 3 is 2.60 bits per heavy atom. The van der Waals surface area contributed by atoms with Crippen molar-refractivity contribution in [3.8, 4) is 5.75 Å². The Labute approximate surface area is 116 Å². The first-order chi connectivity index (χ1) is 9.44. The van der Waals surface area contributed by atoms with Gasteiger partial charge in [0.15, 0.2) is 0 Å². The number of nitrogens with two attached hydrogens (primary N) is 1. The monoisotopic (exact) mass is 296 g/mol. The van der Waals surface area contributed by atoms with Crippen molar-refractivity contribution >= 4 is 21.4 Å². The molecule has 106 valence electrons. The summed E-state index contributed by atoms with van der Waals surface area (Å²) in [4.78, 5) is -0.0499. The smallest absolute Gasteiger partial charge is 0.265 e. The molecule has 3 N–H and O–H groups in total. The van der Waals surface area contributed by atoms with E-state index in [2.05, 4.69) is 4.72 Å². The van der Waals surface area contributed by atoms with Crippen molar-refractivity contribution in [3.05, 3.63) is 48.3 Å². The van der Waals surface area contributed by atoms with E-state index in [0.29, 0.717) is 0 Å². The highest BCUT2D eigenvalue weighted by Gasteiger charge is 2.20. The second-order valence-electron chi connectivity index (χ2n) is 3.99. The highest BCUT2D eigenvalue weighted by Crippen LogP contribution is 2.27. The first-order valence-electron chi connectivity index (χ1n) is 5.65. The van der Waals surface area contributed by atoms with Crippen LogP contribution in [0, 0.1) is 5.82 Å². The van der Waals surface area contributed by atoms with E-state index in [-0.39, 0.29) is 22.0 Å². The number of nitrogens with one attached hydrogen (secondary N) is 1. The summed E-state index contributed by atoms with van der Waals surface area (Å²) in [6, 6.07) is 9.56. The molecule has 0 atom stereocenters. The van der Waals surface area contributed by atoms with Crippen molar-refractivity contribution in [1.29, 1.82) is 0 Å². The summed E-state index contributed by atoms with van der Waals surface area (Å²) < 4.78 is 45.0. The van der Waals surface area contributed by atoms with Gasteiger partial charge in [-0.2, -0.15) is 0 Å². The van der Waals surface area contributed by atoms with Gasteiger partial charge in [-0.05, 0) is 24.3 Å². The standard InChI is InChI=1S/C13H13FN2O3S/c1-19-12-4-2-3-5-13(12)20(17,18)16-11-8-9(14)6-7-10(11)15/h2-8,16H,15H2,1H3. The fourth-order valence-corrected chi connectivity index (χ4v) is 2.91. The van der Waals surface area contributed by atoms with Gasteiger partial charge in [-0.3, -0.25) is 4.72 Å². The SMILES string of the molecule is COc1ccccc1S(=O)(=O)Nc1cc(F)ccc1N. The number of para-hydroxylation sites is 1. The van der Waals surface area contributed by atoms with E-state index in [4.69, 9.17) is 10.5 Å². The van der Waals surface area contributed by atoms with E-state index in [1.54, 1.807) is 12.1 Å². The Morgan fingerprint density at radius 1 is 1.20 bits per heavy atom. The van der Waals surface area contributed by atoms with Crippen LogP contribution in [0.5, 0.6) is 5.75 Å². The normalized spacial score (nSPS) is 11.1. The van der Waals surface area contributed by atoms with Crippen molar-refractivity contribution in [2.45, 2.75) is 4.90 Å². The highest BCUT2D eigenvalue weighted by molar-refractivity contribution is 7.92. The van der Waals surface area contributed by atoms with Gasteiger partial charge in [0.2, 0.25) is 0 Å². The van der Waals surface area contributed by atoms with E-state index >= 15 is 0 Å². The average Bonchev–Trinajstić information content (AvgIpc) is 2.42. The summed E-state index contributed by atoms with van der Waals surface area (Å²) in [7, 11) is -2.55. The van der Waals surface area contributed by atoms with Crippen molar-refractivity contribution in [2.24, 2.45) is 0 Å². The molecule has 0 saturated heterocycles. The molecular weight excluding hydrogens is 283 g/mol. The lowest BCUT2D eigenvalue weighted by atomic mass is 10.3. The van der Waals surface area contributed by atoms with Gasteiger partial charge in [0.1, 0.15) is 16.5 Å². The molecule has 0 radical (unpaired) electrons. The molecule has 0 aromatic heterocycles. The second-order valence-corrected chi connectivity index (χ2v) is 5.64. The lowest BCUT2D eigenvalue weighted by molar-refractivity contribution is 0.403. The molecule has 0 saturated carbocycles. The third kappa shape index (κ3) is 2.83.